The van der Waals surface area contributed by atoms with Gasteiger partial charge in [0.2, 0.25) is 5.91 Å². The van der Waals surface area contributed by atoms with E-state index < -0.39 is 0 Å². The van der Waals surface area contributed by atoms with Gasteiger partial charge in [-0.05, 0) is 44.1 Å². The number of hydrogen-bond donors (Lipinski definition) is 2. The summed E-state index contributed by atoms with van der Waals surface area (Å²) in [6.07, 6.45) is 6.05. The van der Waals surface area contributed by atoms with E-state index in [1.165, 1.54) is 0 Å². The number of nitrogens with one attached hydrogen (secondary N) is 1. The molecule has 0 saturated carbocycles. The summed E-state index contributed by atoms with van der Waals surface area (Å²) in [5.74, 6) is 0.145. The van der Waals surface area contributed by atoms with Crippen LogP contribution in [0.25, 0.3) is 0 Å². The fourth-order valence-electron chi connectivity index (χ4n) is 2.26. The van der Waals surface area contributed by atoms with Gasteiger partial charge in [-0.1, -0.05) is 13.8 Å². The zero-order chi connectivity index (χ0) is 13.4. The molecule has 3 N–H and O–H groups in total. The zero-order valence-electron chi connectivity index (χ0n) is 11.8. The van der Waals surface area contributed by atoms with Crippen LogP contribution in [0, 0.1) is 5.41 Å². The van der Waals surface area contributed by atoms with Crippen LogP contribution in [0.4, 0.5) is 0 Å². The van der Waals surface area contributed by atoms with Crippen LogP contribution in [0.2, 0.25) is 0 Å². The standard InChI is InChI=1S/C14H28N2O2/c1-14(2,8-4-9-15)11-16-13(17)7-6-12-5-3-10-18-12/h12H,3-11,15H2,1-2H3,(H,16,17). The summed E-state index contributed by atoms with van der Waals surface area (Å²) in [5.41, 5.74) is 5.65. The van der Waals surface area contributed by atoms with E-state index in [-0.39, 0.29) is 11.3 Å². The highest BCUT2D eigenvalue weighted by molar-refractivity contribution is 5.75. The Morgan fingerprint density at radius 3 is 2.89 bits per heavy atom. The number of hydrogen-bond acceptors (Lipinski definition) is 3. The van der Waals surface area contributed by atoms with Gasteiger partial charge >= 0.3 is 0 Å². The number of ether oxygens (including phenoxy) is 1. The van der Waals surface area contributed by atoms with Gasteiger partial charge in [0.25, 0.3) is 0 Å². The second kappa shape index (κ2) is 7.74. The van der Waals surface area contributed by atoms with Crippen LogP contribution < -0.4 is 11.1 Å². The number of rotatable bonds is 8. The lowest BCUT2D eigenvalue weighted by molar-refractivity contribution is -0.122. The predicted molar refractivity (Wildman–Crippen MR) is 73.3 cm³/mol. The van der Waals surface area contributed by atoms with E-state index >= 15 is 0 Å². The first-order chi connectivity index (χ1) is 8.53. The Kier molecular flexibility index (Phi) is 6.65. The lowest BCUT2D eigenvalue weighted by Gasteiger charge is -2.24. The van der Waals surface area contributed by atoms with Crippen LogP contribution >= 0.6 is 0 Å². The lowest BCUT2D eigenvalue weighted by Crippen LogP contribution is -2.34. The molecule has 1 atom stereocenters. The summed E-state index contributed by atoms with van der Waals surface area (Å²) in [6.45, 7) is 6.65. The van der Waals surface area contributed by atoms with Gasteiger partial charge in [-0.2, -0.15) is 0 Å². The van der Waals surface area contributed by atoms with Gasteiger partial charge in [0.1, 0.15) is 0 Å². The summed E-state index contributed by atoms with van der Waals surface area (Å²) >= 11 is 0. The quantitative estimate of drug-likeness (QED) is 0.696. The van der Waals surface area contributed by atoms with Crippen molar-refractivity contribution in [3.05, 3.63) is 0 Å². The molecule has 1 aliphatic heterocycles. The van der Waals surface area contributed by atoms with Crippen molar-refractivity contribution in [1.29, 1.82) is 0 Å². The van der Waals surface area contributed by atoms with Crippen LogP contribution in [0.15, 0.2) is 0 Å². The van der Waals surface area contributed by atoms with Crippen molar-refractivity contribution >= 4 is 5.91 Å². The third-order valence-corrected chi connectivity index (χ3v) is 3.54. The van der Waals surface area contributed by atoms with Gasteiger partial charge < -0.3 is 15.8 Å². The molecule has 18 heavy (non-hydrogen) atoms. The maximum atomic E-state index is 11.7. The van der Waals surface area contributed by atoms with E-state index in [2.05, 4.69) is 19.2 Å². The molecule has 106 valence electrons. The van der Waals surface area contributed by atoms with Crippen LogP contribution in [-0.2, 0) is 9.53 Å². The first kappa shape index (κ1) is 15.4. The van der Waals surface area contributed by atoms with Crippen molar-refractivity contribution in [2.24, 2.45) is 11.1 Å². The lowest BCUT2D eigenvalue weighted by atomic mass is 9.87. The molecule has 0 aromatic rings. The summed E-state index contributed by atoms with van der Waals surface area (Å²) in [6, 6.07) is 0. The third-order valence-electron chi connectivity index (χ3n) is 3.54. The Morgan fingerprint density at radius 2 is 2.28 bits per heavy atom. The van der Waals surface area contributed by atoms with Crippen LogP contribution in [-0.4, -0.2) is 31.7 Å². The molecule has 0 bridgehead atoms. The van der Waals surface area contributed by atoms with Gasteiger partial charge in [0, 0.05) is 19.6 Å². The topological polar surface area (TPSA) is 64.3 Å². The van der Waals surface area contributed by atoms with Crippen molar-refractivity contribution in [3.63, 3.8) is 0 Å². The molecule has 1 aliphatic rings. The molecule has 0 aliphatic carbocycles. The molecular weight excluding hydrogens is 228 g/mol. The van der Waals surface area contributed by atoms with E-state index in [9.17, 15) is 4.79 Å². The fourth-order valence-corrected chi connectivity index (χ4v) is 2.26. The second-order valence-corrected chi connectivity index (χ2v) is 6.01. The minimum atomic E-state index is 0.138. The summed E-state index contributed by atoms with van der Waals surface area (Å²) < 4.78 is 5.51. The molecule has 0 aromatic heterocycles. The largest absolute Gasteiger partial charge is 0.378 e. The SMILES string of the molecule is CC(C)(CCCN)CNC(=O)CCC1CCCO1. The average Bonchev–Trinajstić information content (AvgIpc) is 2.84. The summed E-state index contributed by atoms with van der Waals surface area (Å²) in [4.78, 5) is 11.7. The van der Waals surface area contributed by atoms with E-state index in [4.69, 9.17) is 10.5 Å². The minimum Gasteiger partial charge on any atom is -0.378 e. The Bertz CT molecular complexity index is 248. The number of carbonyl (C=O) groups excluding carboxylic acids is 1. The second-order valence-electron chi connectivity index (χ2n) is 6.01. The molecule has 0 aromatic carbocycles. The Morgan fingerprint density at radius 1 is 1.50 bits per heavy atom. The maximum absolute atomic E-state index is 11.7. The van der Waals surface area contributed by atoms with Crippen LogP contribution in [0.1, 0.15) is 52.4 Å². The Balaban J connectivity index is 2.11. The van der Waals surface area contributed by atoms with Crippen molar-refractivity contribution in [1.82, 2.24) is 5.32 Å². The van der Waals surface area contributed by atoms with Gasteiger partial charge in [0.15, 0.2) is 0 Å². The molecule has 0 spiro atoms. The van der Waals surface area contributed by atoms with Crippen LogP contribution in [0.5, 0.6) is 0 Å². The van der Waals surface area contributed by atoms with Crippen molar-refractivity contribution in [3.8, 4) is 0 Å². The highest BCUT2D eigenvalue weighted by Gasteiger charge is 2.20. The molecule has 1 unspecified atom stereocenters. The average molecular weight is 256 g/mol. The highest BCUT2D eigenvalue weighted by Crippen LogP contribution is 2.21. The normalized spacial score (nSPS) is 20.1. The number of nitrogens with two attached hydrogens (primary N) is 1. The molecule has 1 amide bonds. The third kappa shape index (κ3) is 6.36. The predicted octanol–water partition coefficient (Wildman–Crippen LogP) is 1.83. The van der Waals surface area contributed by atoms with E-state index in [0.29, 0.717) is 12.5 Å². The van der Waals surface area contributed by atoms with Gasteiger partial charge in [-0.25, -0.2) is 0 Å². The first-order valence-corrected chi connectivity index (χ1v) is 7.12. The van der Waals surface area contributed by atoms with Crippen molar-refractivity contribution in [2.75, 3.05) is 19.7 Å². The fraction of sp³-hybridized carbons (Fsp3) is 0.929. The molecular formula is C14H28N2O2. The molecule has 1 rings (SSSR count). The summed E-state index contributed by atoms with van der Waals surface area (Å²) in [5, 5.41) is 3.02. The van der Waals surface area contributed by atoms with Crippen molar-refractivity contribution in [2.45, 2.75) is 58.5 Å². The van der Waals surface area contributed by atoms with E-state index in [1.807, 2.05) is 0 Å². The maximum Gasteiger partial charge on any atom is 0.220 e. The summed E-state index contributed by atoms with van der Waals surface area (Å²) in [7, 11) is 0. The number of amides is 1. The first-order valence-electron chi connectivity index (χ1n) is 7.12. The van der Waals surface area contributed by atoms with E-state index in [1.54, 1.807) is 0 Å². The van der Waals surface area contributed by atoms with Gasteiger partial charge in [-0.3, -0.25) is 4.79 Å². The Hall–Kier alpha value is -0.610. The minimum absolute atomic E-state index is 0.138. The number of carbonyl (C=O) groups is 1. The van der Waals surface area contributed by atoms with Gasteiger partial charge in [-0.15, -0.1) is 0 Å². The molecule has 1 fully saturated rings. The molecule has 0 radical (unpaired) electrons. The smallest absolute Gasteiger partial charge is 0.220 e. The van der Waals surface area contributed by atoms with Gasteiger partial charge in [0.05, 0.1) is 6.10 Å². The molecule has 4 heteroatoms. The highest BCUT2D eigenvalue weighted by atomic mass is 16.5. The molecule has 1 heterocycles. The monoisotopic (exact) mass is 256 g/mol. The van der Waals surface area contributed by atoms with Crippen molar-refractivity contribution < 1.29 is 9.53 Å². The zero-order valence-corrected chi connectivity index (χ0v) is 11.8. The van der Waals surface area contributed by atoms with E-state index in [0.717, 1.165) is 51.8 Å². The molecule has 4 nitrogen and oxygen atoms in total. The Labute approximate surface area is 111 Å². The van der Waals surface area contributed by atoms with Crippen LogP contribution in [0.3, 0.4) is 0 Å². The molecule has 1 saturated heterocycles.